The number of rotatable bonds is 20. The Kier molecular flexibility index (Phi) is 15.7. The second-order valence-electron chi connectivity index (χ2n) is 11.8. The van der Waals surface area contributed by atoms with Crippen molar-refractivity contribution in [2.75, 3.05) is 41.7 Å². The number of methoxy groups -OCH3 is 4. The highest BCUT2D eigenvalue weighted by atomic mass is 16.5. The van der Waals surface area contributed by atoms with Gasteiger partial charge in [-0.05, 0) is 72.9 Å². The molecule has 0 fully saturated rings. The number of amides is 1. The highest BCUT2D eigenvalue weighted by Crippen LogP contribution is 2.32. The summed E-state index contributed by atoms with van der Waals surface area (Å²) in [6, 6.07) is 11.0. The Bertz CT molecular complexity index is 1110. The van der Waals surface area contributed by atoms with Gasteiger partial charge in [0.25, 0.3) is 0 Å². The van der Waals surface area contributed by atoms with Crippen molar-refractivity contribution in [3.63, 3.8) is 0 Å². The topological polar surface area (TPSA) is 122 Å². The Morgan fingerprint density at radius 2 is 1.56 bits per heavy atom. The summed E-state index contributed by atoms with van der Waals surface area (Å²) in [7, 11) is 6.50. The third-order valence-corrected chi connectivity index (χ3v) is 8.07. The van der Waals surface area contributed by atoms with Crippen LogP contribution in [0.5, 0.6) is 23.0 Å². The summed E-state index contributed by atoms with van der Waals surface area (Å²) in [6.45, 7) is 9.79. The number of ether oxygens (including phenoxy) is 5. The summed E-state index contributed by atoms with van der Waals surface area (Å²) in [5.41, 5.74) is 8.53. The number of hydrogen-bond acceptors (Lipinski definition) is 8. The number of nitrogens with two attached hydrogens (primary N) is 1. The standard InChI is InChI=1S/C34H54N2O7/c1-22(2)25(16-24-10-12-32(42-8)33(17-24)43-15-9-14-39-5)19-29(35)30(37)20-28(23(3)4)34(38)36-21-26-18-27(40-6)11-13-31(26)41-7/h10-13,17-18,22-23,25,28-30,37H,9,14-16,19-21,35H2,1-8H3,(H,36,38)/t25-,28-,29-,30-/m0/s1. The summed E-state index contributed by atoms with van der Waals surface area (Å²) in [5.74, 6) is 2.84. The molecule has 9 nitrogen and oxygen atoms in total. The van der Waals surface area contributed by atoms with Crippen molar-refractivity contribution in [3.8, 4) is 23.0 Å². The molecule has 4 N–H and O–H groups in total. The van der Waals surface area contributed by atoms with E-state index in [1.807, 2.05) is 44.2 Å². The van der Waals surface area contributed by atoms with Crippen molar-refractivity contribution in [2.24, 2.45) is 29.4 Å². The zero-order chi connectivity index (χ0) is 31.9. The van der Waals surface area contributed by atoms with Crippen LogP contribution in [0.1, 0.15) is 58.1 Å². The van der Waals surface area contributed by atoms with Gasteiger partial charge >= 0.3 is 0 Å². The Balaban J connectivity index is 2.04. The smallest absolute Gasteiger partial charge is 0.223 e. The minimum absolute atomic E-state index is 0.0246. The van der Waals surface area contributed by atoms with Crippen LogP contribution in [0.4, 0.5) is 0 Å². The lowest BCUT2D eigenvalue weighted by atomic mass is 9.81. The van der Waals surface area contributed by atoms with Gasteiger partial charge in [0.05, 0.1) is 34.0 Å². The van der Waals surface area contributed by atoms with Crippen molar-refractivity contribution in [1.29, 1.82) is 0 Å². The van der Waals surface area contributed by atoms with E-state index in [1.54, 1.807) is 28.4 Å². The van der Waals surface area contributed by atoms with E-state index in [0.29, 0.717) is 55.1 Å². The zero-order valence-corrected chi connectivity index (χ0v) is 27.4. The van der Waals surface area contributed by atoms with Gasteiger partial charge < -0.3 is 39.8 Å². The van der Waals surface area contributed by atoms with Crippen molar-refractivity contribution >= 4 is 5.91 Å². The Labute approximate surface area is 258 Å². The summed E-state index contributed by atoms with van der Waals surface area (Å²) >= 11 is 0. The summed E-state index contributed by atoms with van der Waals surface area (Å²) in [5, 5.41) is 14.2. The number of carbonyl (C=O) groups is 1. The molecule has 2 rings (SSSR count). The Hall–Kier alpha value is -3.01. The van der Waals surface area contributed by atoms with E-state index in [4.69, 9.17) is 29.4 Å². The minimum Gasteiger partial charge on any atom is -0.497 e. The van der Waals surface area contributed by atoms with Gasteiger partial charge in [0.15, 0.2) is 11.5 Å². The molecule has 242 valence electrons. The molecule has 0 saturated heterocycles. The highest BCUT2D eigenvalue weighted by molar-refractivity contribution is 5.79. The molecule has 2 aromatic carbocycles. The molecule has 0 aliphatic carbocycles. The minimum atomic E-state index is -0.818. The quantitative estimate of drug-likeness (QED) is 0.181. The zero-order valence-electron chi connectivity index (χ0n) is 27.4. The summed E-state index contributed by atoms with van der Waals surface area (Å²) in [4.78, 5) is 13.3. The van der Waals surface area contributed by atoms with Gasteiger partial charge in [0.1, 0.15) is 11.5 Å². The van der Waals surface area contributed by atoms with Crippen LogP contribution in [0, 0.1) is 23.7 Å². The monoisotopic (exact) mass is 602 g/mol. The normalized spacial score (nSPS) is 14.2. The van der Waals surface area contributed by atoms with Crippen LogP contribution in [0.25, 0.3) is 0 Å². The third-order valence-electron chi connectivity index (χ3n) is 8.07. The van der Waals surface area contributed by atoms with Gasteiger partial charge in [-0.25, -0.2) is 0 Å². The van der Waals surface area contributed by atoms with Gasteiger partial charge in [-0.15, -0.1) is 0 Å². The lowest BCUT2D eigenvalue weighted by Crippen LogP contribution is -2.42. The van der Waals surface area contributed by atoms with Crippen LogP contribution in [0.2, 0.25) is 0 Å². The van der Waals surface area contributed by atoms with E-state index in [0.717, 1.165) is 24.0 Å². The summed E-state index contributed by atoms with van der Waals surface area (Å²) in [6.07, 6.45) is 1.67. The third kappa shape index (κ3) is 11.5. The van der Waals surface area contributed by atoms with E-state index in [-0.39, 0.29) is 24.2 Å². The number of aliphatic hydroxyl groups excluding tert-OH is 1. The van der Waals surface area contributed by atoms with E-state index in [1.165, 1.54) is 0 Å². The second-order valence-corrected chi connectivity index (χ2v) is 11.8. The largest absolute Gasteiger partial charge is 0.497 e. The molecule has 0 aliphatic rings. The fourth-order valence-electron chi connectivity index (χ4n) is 5.20. The van der Waals surface area contributed by atoms with Crippen LogP contribution in [0.3, 0.4) is 0 Å². The molecular formula is C34H54N2O7. The van der Waals surface area contributed by atoms with Crippen LogP contribution >= 0.6 is 0 Å². The van der Waals surface area contributed by atoms with Gasteiger partial charge in [0, 0.05) is 44.2 Å². The van der Waals surface area contributed by atoms with E-state index in [9.17, 15) is 9.90 Å². The number of nitrogens with one attached hydrogen (secondary N) is 1. The van der Waals surface area contributed by atoms with Gasteiger partial charge in [-0.2, -0.15) is 0 Å². The van der Waals surface area contributed by atoms with Crippen molar-refractivity contribution in [1.82, 2.24) is 5.32 Å². The maximum Gasteiger partial charge on any atom is 0.223 e. The van der Waals surface area contributed by atoms with Crippen LogP contribution in [-0.4, -0.2) is 64.8 Å². The number of aliphatic hydroxyl groups is 1. The molecule has 0 spiro atoms. The lowest BCUT2D eigenvalue weighted by Gasteiger charge is -2.30. The van der Waals surface area contributed by atoms with Gasteiger partial charge in [0.2, 0.25) is 5.91 Å². The molecule has 0 bridgehead atoms. The number of benzene rings is 2. The number of carbonyl (C=O) groups excluding carboxylic acids is 1. The first-order valence-electron chi connectivity index (χ1n) is 15.2. The van der Waals surface area contributed by atoms with Crippen molar-refractivity contribution in [3.05, 3.63) is 47.5 Å². The van der Waals surface area contributed by atoms with E-state index in [2.05, 4.69) is 25.2 Å². The van der Waals surface area contributed by atoms with E-state index < -0.39 is 18.1 Å². The lowest BCUT2D eigenvalue weighted by molar-refractivity contribution is -0.127. The maximum absolute atomic E-state index is 13.3. The molecule has 0 unspecified atom stereocenters. The molecule has 43 heavy (non-hydrogen) atoms. The average molecular weight is 603 g/mol. The molecular weight excluding hydrogens is 548 g/mol. The Morgan fingerprint density at radius 1 is 0.860 bits per heavy atom. The molecule has 2 aromatic rings. The molecule has 0 aromatic heterocycles. The van der Waals surface area contributed by atoms with Crippen LogP contribution in [-0.2, 0) is 22.5 Å². The molecule has 4 atom stereocenters. The van der Waals surface area contributed by atoms with Crippen molar-refractivity contribution in [2.45, 2.75) is 72.1 Å². The fourth-order valence-corrected chi connectivity index (χ4v) is 5.20. The number of hydrogen-bond donors (Lipinski definition) is 3. The van der Waals surface area contributed by atoms with Crippen LogP contribution in [0.15, 0.2) is 36.4 Å². The second kappa shape index (κ2) is 18.6. The van der Waals surface area contributed by atoms with Crippen LogP contribution < -0.4 is 30.0 Å². The molecule has 0 radical (unpaired) electrons. The SMILES string of the molecule is COCCCOc1cc(C[C@@H](C[C@H](N)[C@@H](O)C[C@H](C(=O)NCc2cc(OC)ccc2OC)C(C)C)C(C)C)ccc1OC. The predicted molar refractivity (Wildman–Crippen MR) is 170 cm³/mol. The highest BCUT2D eigenvalue weighted by Gasteiger charge is 2.30. The molecule has 0 heterocycles. The first kappa shape index (κ1) is 36.2. The van der Waals surface area contributed by atoms with Crippen molar-refractivity contribution < 1.29 is 33.6 Å². The first-order chi connectivity index (χ1) is 20.5. The summed E-state index contributed by atoms with van der Waals surface area (Å²) < 4.78 is 27.3. The predicted octanol–water partition coefficient (Wildman–Crippen LogP) is 5.00. The molecule has 1 amide bonds. The average Bonchev–Trinajstić information content (AvgIpc) is 2.99. The first-order valence-corrected chi connectivity index (χ1v) is 15.2. The van der Waals surface area contributed by atoms with E-state index >= 15 is 0 Å². The van der Waals surface area contributed by atoms with Gasteiger partial charge in [-0.1, -0.05) is 33.8 Å². The fraction of sp³-hybridized carbons (Fsp3) is 0.618. The van der Waals surface area contributed by atoms with Gasteiger partial charge in [-0.3, -0.25) is 4.79 Å². The Morgan fingerprint density at radius 3 is 2.16 bits per heavy atom. The molecule has 0 aliphatic heterocycles. The maximum atomic E-state index is 13.3. The molecule has 9 heteroatoms. The molecule has 0 saturated carbocycles.